The lowest BCUT2D eigenvalue weighted by Crippen LogP contribution is -2.19. The molecule has 0 radical (unpaired) electrons. The van der Waals surface area contributed by atoms with E-state index in [1.807, 2.05) is 7.05 Å². The van der Waals surface area contributed by atoms with Crippen LogP contribution in [0.15, 0.2) is 24.3 Å². The second-order valence-corrected chi connectivity index (χ2v) is 5.65. The molecule has 0 aliphatic heterocycles. The molecule has 0 saturated heterocycles. The van der Waals surface area contributed by atoms with Gasteiger partial charge in [0.25, 0.3) is 0 Å². The van der Waals surface area contributed by atoms with Gasteiger partial charge < -0.3 is 5.32 Å². The van der Waals surface area contributed by atoms with E-state index in [1.54, 1.807) is 0 Å². The third-order valence-electron chi connectivity index (χ3n) is 3.30. The van der Waals surface area contributed by atoms with Gasteiger partial charge in [-0.2, -0.15) is 0 Å². The Labute approximate surface area is 119 Å². The maximum atomic E-state index is 4.26. The molecule has 2 rings (SSSR count). The van der Waals surface area contributed by atoms with Gasteiger partial charge in [0, 0.05) is 6.04 Å². The molecule has 0 saturated carbocycles. The first kappa shape index (κ1) is 14.2. The second kappa shape index (κ2) is 6.78. The molecular weight excluding hydrogens is 254 g/mol. The van der Waals surface area contributed by atoms with Crippen LogP contribution in [0.3, 0.4) is 0 Å². The molecule has 2 aromatic rings. The molecule has 0 fully saturated rings. The summed E-state index contributed by atoms with van der Waals surface area (Å²) in [6, 6.07) is 9.05. The lowest BCUT2D eigenvalue weighted by Gasteiger charge is -2.15. The number of aryl methyl sites for hydroxylation is 2. The fourth-order valence-corrected chi connectivity index (χ4v) is 2.98. The predicted octanol–water partition coefficient (Wildman–Crippen LogP) is 3.30. The molecule has 4 heteroatoms. The summed E-state index contributed by atoms with van der Waals surface area (Å²) in [6.07, 6.45) is 3.11. The molecular formula is C15H21N3S. The zero-order valence-electron chi connectivity index (χ0n) is 11.8. The number of rotatable bonds is 6. The monoisotopic (exact) mass is 275 g/mol. The molecule has 3 nitrogen and oxygen atoms in total. The highest BCUT2D eigenvalue weighted by molar-refractivity contribution is 7.05. The van der Waals surface area contributed by atoms with Crippen molar-refractivity contribution < 1.29 is 0 Å². The summed E-state index contributed by atoms with van der Waals surface area (Å²) in [4.78, 5) is 1.28. The number of benzene rings is 1. The first-order valence-electron chi connectivity index (χ1n) is 6.78. The lowest BCUT2D eigenvalue weighted by atomic mass is 10.0. The van der Waals surface area contributed by atoms with E-state index in [9.17, 15) is 0 Å². The zero-order chi connectivity index (χ0) is 13.7. The molecule has 1 aromatic heterocycles. The van der Waals surface area contributed by atoms with E-state index >= 15 is 0 Å². The average molecular weight is 275 g/mol. The maximum Gasteiger partial charge on any atom is 0.0803 e. The highest BCUT2D eigenvalue weighted by Gasteiger charge is 2.17. The van der Waals surface area contributed by atoms with Crippen molar-refractivity contribution in [3.63, 3.8) is 0 Å². The first-order chi connectivity index (χ1) is 9.24. The number of nitrogens with zero attached hydrogens (tertiary/aromatic N) is 2. The molecule has 19 heavy (non-hydrogen) atoms. The Kier molecular flexibility index (Phi) is 5.05. The smallest absolute Gasteiger partial charge is 0.0803 e. The summed E-state index contributed by atoms with van der Waals surface area (Å²) in [5, 5.41) is 7.66. The van der Waals surface area contributed by atoms with Gasteiger partial charge >= 0.3 is 0 Å². The molecule has 0 bridgehead atoms. The van der Waals surface area contributed by atoms with E-state index in [-0.39, 0.29) is 0 Å². The van der Waals surface area contributed by atoms with Gasteiger partial charge in [-0.1, -0.05) is 47.7 Å². The van der Waals surface area contributed by atoms with Crippen LogP contribution in [0.1, 0.15) is 41.1 Å². The lowest BCUT2D eigenvalue weighted by molar-refractivity contribution is 0.593. The minimum absolute atomic E-state index is 0.309. The van der Waals surface area contributed by atoms with Crippen LogP contribution in [-0.2, 0) is 12.8 Å². The summed E-state index contributed by atoms with van der Waals surface area (Å²) >= 11 is 1.52. The summed E-state index contributed by atoms with van der Waals surface area (Å²) < 4.78 is 4.12. The Bertz CT molecular complexity index is 504. The van der Waals surface area contributed by atoms with E-state index in [2.05, 4.69) is 53.0 Å². The van der Waals surface area contributed by atoms with Crippen molar-refractivity contribution in [3.05, 3.63) is 46.0 Å². The highest BCUT2D eigenvalue weighted by atomic mass is 32.1. The standard InChI is InChI=1S/C15H21N3S/c1-4-5-13-15(19-18-17-13)14(16-3)10-12-8-6-11(2)7-9-12/h6-9,14,16H,4-5,10H2,1-3H3. The highest BCUT2D eigenvalue weighted by Crippen LogP contribution is 2.24. The molecule has 1 atom stereocenters. The quantitative estimate of drug-likeness (QED) is 0.879. The van der Waals surface area contributed by atoms with Crippen LogP contribution in [0.5, 0.6) is 0 Å². The Morgan fingerprint density at radius 3 is 2.63 bits per heavy atom. The van der Waals surface area contributed by atoms with Gasteiger partial charge in [0.15, 0.2) is 0 Å². The molecule has 102 valence electrons. The van der Waals surface area contributed by atoms with E-state index < -0.39 is 0 Å². The van der Waals surface area contributed by atoms with Crippen LogP contribution in [0, 0.1) is 6.92 Å². The van der Waals surface area contributed by atoms with Crippen molar-refractivity contribution in [2.75, 3.05) is 7.05 Å². The van der Waals surface area contributed by atoms with E-state index in [0.717, 1.165) is 25.0 Å². The van der Waals surface area contributed by atoms with Crippen molar-refractivity contribution in [3.8, 4) is 0 Å². The minimum atomic E-state index is 0.309. The van der Waals surface area contributed by atoms with Gasteiger partial charge in [-0.15, -0.1) is 5.10 Å². The predicted molar refractivity (Wildman–Crippen MR) is 80.6 cm³/mol. The van der Waals surface area contributed by atoms with E-state index in [1.165, 1.54) is 27.5 Å². The third kappa shape index (κ3) is 3.61. The second-order valence-electron chi connectivity index (χ2n) is 4.86. The molecule has 0 amide bonds. The van der Waals surface area contributed by atoms with Crippen molar-refractivity contribution in [2.45, 2.75) is 39.2 Å². The summed E-state index contributed by atoms with van der Waals surface area (Å²) in [5.74, 6) is 0. The Balaban J connectivity index is 2.15. The topological polar surface area (TPSA) is 37.8 Å². The Hall–Kier alpha value is -1.26. The minimum Gasteiger partial charge on any atom is -0.312 e. The normalized spacial score (nSPS) is 12.6. The fraction of sp³-hybridized carbons (Fsp3) is 0.467. The van der Waals surface area contributed by atoms with Gasteiger partial charge in [-0.3, -0.25) is 0 Å². The van der Waals surface area contributed by atoms with Gasteiger partial charge in [-0.05, 0) is 43.9 Å². The average Bonchev–Trinajstić information content (AvgIpc) is 2.87. The van der Waals surface area contributed by atoms with Crippen LogP contribution in [-0.4, -0.2) is 16.6 Å². The van der Waals surface area contributed by atoms with Crippen molar-refractivity contribution in [1.29, 1.82) is 0 Å². The van der Waals surface area contributed by atoms with Gasteiger partial charge in [0.1, 0.15) is 0 Å². The van der Waals surface area contributed by atoms with Gasteiger partial charge in [0.05, 0.1) is 10.6 Å². The maximum absolute atomic E-state index is 4.26. The van der Waals surface area contributed by atoms with Crippen LogP contribution in [0.4, 0.5) is 0 Å². The Morgan fingerprint density at radius 1 is 1.26 bits per heavy atom. The molecule has 1 unspecified atom stereocenters. The third-order valence-corrected chi connectivity index (χ3v) is 4.18. The SMILES string of the molecule is CCCc1nnsc1C(Cc1ccc(C)cc1)NC. The number of hydrogen-bond acceptors (Lipinski definition) is 4. The van der Waals surface area contributed by atoms with Crippen molar-refractivity contribution >= 4 is 11.5 Å². The van der Waals surface area contributed by atoms with E-state index in [4.69, 9.17) is 0 Å². The molecule has 1 aromatic carbocycles. The number of nitrogens with one attached hydrogen (secondary N) is 1. The molecule has 1 N–H and O–H groups in total. The zero-order valence-corrected chi connectivity index (χ0v) is 12.6. The fourth-order valence-electron chi connectivity index (χ4n) is 2.18. The summed E-state index contributed by atoms with van der Waals surface area (Å²) in [6.45, 7) is 4.29. The number of aromatic nitrogens is 2. The Morgan fingerprint density at radius 2 is 2.00 bits per heavy atom. The van der Waals surface area contributed by atoms with Crippen LogP contribution >= 0.6 is 11.5 Å². The van der Waals surface area contributed by atoms with E-state index in [0.29, 0.717) is 6.04 Å². The van der Waals surface area contributed by atoms with Gasteiger partial charge in [-0.25, -0.2) is 0 Å². The number of hydrogen-bond donors (Lipinski definition) is 1. The molecule has 0 aliphatic rings. The molecule has 1 heterocycles. The van der Waals surface area contributed by atoms with Crippen molar-refractivity contribution in [1.82, 2.24) is 14.9 Å². The summed E-state index contributed by atoms with van der Waals surface area (Å²) in [7, 11) is 2.01. The first-order valence-corrected chi connectivity index (χ1v) is 7.55. The molecule has 0 aliphatic carbocycles. The van der Waals surface area contributed by atoms with Crippen LogP contribution in [0.25, 0.3) is 0 Å². The van der Waals surface area contributed by atoms with Gasteiger partial charge in [0.2, 0.25) is 0 Å². The van der Waals surface area contributed by atoms with Crippen LogP contribution < -0.4 is 5.32 Å². The number of likely N-dealkylation sites (N-methyl/N-ethyl adjacent to an activating group) is 1. The molecule has 0 spiro atoms. The summed E-state index contributed by atoms with van der Waals surface area (Å²) in [5.41, 5.74) is 3.80. The van der Waals surface area contributed by atoms with Crippen LogP contribution in [0.2, 0.25) is 0 Å². The van der Waals surface area contributed by atoms with Crippen molar-refractivity contribution in [2.24, 2.45) is 0 Å². The largest absolute Gasteiger partial charge is 0.312 e.